The Kier molecular flexibility index (Phi) is 4.77. The summed E-state index contributed by atoms with van der Waals surface area (Å²) in [5.74, 6) is -0.196. The maximum Gasteiger partial charge on any atom is 0.257 e. The molecular formula is C13H10ClFIN3O. The van der Waals surface area contributed by atoms with E-state index in [-0.39, 0.29) is 16.7 Å². The summed E-state index contributed by atoms with van der Waals surface area (Å²) in [4.78, 5) is 16.2. The second-order valence-electron chi connectivity index (χ2n) is 3.88. The first-order chi connectivity index (χ1) is 9.51. The summed E-state index contributed by atoms with van der Waals surface area (Å²) in [5, 5.41) is 5.77. The Hall–Kier alpha value is -1.41. The minimum Gasteiger partial charge on any atom is -0.373 e. The van der Waals surface area contributed by atoms with Crippen LogP contribution in [0.3, 0.4) is 0 Å². The molecule has 1 aromatic carbocycles. The number of nitrogens with one attached hydrogen (secondary N) is 2. The minimum atomic E-state index is -0.376. The molecule has 0 atom stereocenters. The molecule has 0 saturated heterocycles. The molecule has 2 rings (SSSR count). The Bertz CT molecular complexity index is 666. The lowest BCUT2D eigenvalue weighted by Crippen LogP contribution is -2.14. The number of hydrogen-bond acceptors (Lipinski definition) is 3. The van der Waals surface area contributed by atoms with Crippen molar-refractivity contribution < 1.29 is 9.18 Å². The number of amides is 1. The Balaban J connectivity index is 2.28. The van der Waals surface area contributed by atoms with Gasteiger partial charge in [0.1, 0.15) is 11.6 Å². The lowest BCUT2D eigenvalue weighted by molar-refractivity contribution is 0.102. The van der Waals surface area contributed by atoms with Gasteiger partial charge in [0.15, 0.2) is 0 Å². The summed E-state index contributed by atoms with van der Waals surface area (Å²) in [6.45, 7) is 0. The number of nitrogens with zero attached hydrogens (tertiary/aromatic N) is 1. The highest BCUT2D eigenvalue weighted by molar-refractivity contribution is 14.1. The molecule has 4 nitrogen and oxygen atoms in total. The maximum absolute atomic E-state index is 13.0. The van der Waals surface area contributed by atoms with Gasteiger partial charge in [-0.25, -0.2) is 9.37 Å². The van der Waals surface area contributed by atoms with Gasteiger partial charge in [0.25, 0.3) is 5.91 Å². The fourth-order valence-electron chi connectivity index (χ4n) is 1.53. The van der Waals surface area contributed by atoms with Crippen molar-refractivity contribution in [2.45, 2.75) is 0 Å². The van der Waals surface area contributed by atoms with E-state index in [4.69, 9.17) is 11.6 Å². The Morgan fingerprint density at radius 2 is 2.15 bits per heavy atom. The Morgan fingerprint density at radius 1 is 1.40 bits per heavy atom. The molecule has 1 aromatic heterocycles. The van der Waals surface area contributed by atoms with E-state index in [1.807, 2.05) is 22.6 Å². The molecule has 0 fully saturated rings. The molecule has 7 heteroatoms. The SMILES string of the molecule is CNc1cc(C(=O)Nc2ccc(F)cc2I)c(Cl)cn1. The van der Waals surface area contributed by atoms with Crippen LogP contribution in [0.15, 0.2) is 30.5 Å². The fourth-order valence-corrected chi connectivity index (χ4v) is 2.33. The van der Waals surface area contributed by atoms with Crippen LogP contribution in [0.2, 0.25) is 5.02 Å². The average molecular weight is 406 g/mol. The van der Waals surface area contributed by atoms with Gasteiger partial charge in [-0.3, -0.25) is 4.79 Å². The molecule has 1 amide bonds. The van der Waals surface area contributed by atoms with Crippen molar-refractivity contribution in [3.8, 4) is 0 Å². The molecule has 2 aromatic rings. The number of carbonyl (C=O) groups excluding carboxylic acids is 1. The molecule has 2 N–H and O–H groups in total. The van der Waals surface area contributed by atoms with Crippen LogP contribution in [-0.2, 0) is 0 Å². The van der Waals surface area contributed by atoms with Crippen LogP contribution in [0.4, 0.5) is 15.9 Å². The molecule has 20 heavy (non-hydrogen) atoms. The highest BCUT2D eigenvalue weighted by Gasteiger charge is 2.13. The van der Waals surface area contributed by atoms with Gasteiger partial charge in [-0.1, -0.05) is 11.6 Å². The van der Waals surface area contributed by atoms with Gasteiger partial charge in [-0.2, -0.15) is 0 Å². The molecule has 104 valence electrons. The van der Waals surface area contributed by atoms with Gasteiger partial charge >= 0.3 is 0 Å². The topological polar surface area (TPSA) is 54.0 Å². The van der Waals surface area contributed by atoms with Gasteiger partial charge in [-0.15, -0.1) is 0 Å². The molecule has 0 aliphatic heterocycles. The zero-order chi connectivity index (χ0) is 14.7. The van der Waals surface area contributed by atoms with Crippen LogP contribution in [0, 0.1) is 9.39 Å². The number of benzene rings is 1. The van der Waals surface area contributed by atoms with E-state index in [0.717, 1.165) is 0 Å². The average Bonchev–Trinajstić information content (AvgIpc) is 2.42. The molecule has 0 aliphatic rings. The van der Waals surface area contributed by atoms with Crippen molar-refractivity contribution in [1.29, 1.82) is 0 Å². The number of hydrogen-bond donors (Lipinski definition) is 2. The minimum absolute atomic E-state index is 0.249. The zero-order valence-corrected chi connectivity index (χ0v) is 13.3. The van der Waals surface area contributed by atoms with E-state index in [0.29, 0.717) is 20.6 Å². The number of pyridine rings is 1. The molecular weight excluding hydrogens is 396 g/mol. The molecule has 0 saturated carbocycles. The number of carbonyl (C=O) groups is 1. The summed E-state index contributed by atoms with van der Waals surface area (Å²) in [5.41, 5.74) is 0.821. The first-order valence-corrected chi connectivity index (χ1v) is 7.06. The van der Waals surface area contributed by atoms with Crippen molar-refractivity contribution in [3.05, 3.63) is 50.4 Å². The van der Waals surface area contributed by atoms with Crippen LogP contribution >= 0.6 is 34.2 Å². The third kappa shape index (κ3) is 3.37. The lowest BCUT2D eigenvalue weighted by Gasteiger charge is -2.09. The highest BCUT2D eigenvalue weighted by Crippen LogP contribution is 2.22. The van der Waals surface area contributed by atoms with Gasteiger partial charge in [0.2, 0.25) is 0 Å². The van der Waals surface area contributed by atoms with Crippen molar-refractivity contribution in [2.75, 3.05) is 17.7 Å². The summed E-state index contributed by atoms with van der Waals surface area (Å²) in [6, 6.07) is 5.67. The third-order valence-corrected chi connectivity index (χ3v) is 3.73. The van der Waals surface area contributed by atoms with E-state index in [9.17, 15) is 9.18 Å². The molecule has 1 heterocycles. The first kappa shape index (κ1) is 15.0. The maximum atomic E-state index is 13.0. The largest absolute Gasteiger partial charge is 0.373 e. The van der Waals surface area contributed by atoms with Gasteiger partial charge in [0.05, 0.1) is 16.3 Å². The fraction of sp³-hybridized carbons (Fsp3) is 0.0769. The van der Waals surface area contributed by atoms with Gasteiger partial charge < -0.3 is 10.6 Å². The Morgan fingerprint density at radius 3 is 2.80 bits per heavy atom. The van der Waals surface area contributed by atoms with Crippen LogP contribution in [0.5, 0.6) is 0 Å². The monoisotopic (exact) mass is 405 g/mol. The zero-order valence-electron chi connectivity index (χ0n) is 10.4. The third-order valence-electron chi connectivity index (χ3n) is 2.54. The van der Waals surface area contributed by atoms with Crippen LogP contribution in [0.25, 0.3) is 0 Å². The predicted octanol–water partition coefficient (Wildman–Crippen LogP) is 3.77. The summed E-state index contributed by atoms with van der Waals surface area (Å²) in [7, 11) is 1.70. The summed E-state index contributed by atoms with van der Waals surface area (Å²) < 4.78 is 13.6. The van der Waals surface area contributed by atoms with E-state index >= 15 is 0 Å². The second-order valence-corrected chi connectivity index (χ2v) is 5.45. The van der Waals surface area contributed by atoms with Gasteiger partial charge in [-0.05, 0) is 46.9 Å². The highest BCUT2D eigenvalue weighted by atomic mass is 127. The standard InChI is InChI=1S/C13H10ClFIN3O/c1-17-12-5-8(9(14)6-18-12)13(20)19-11-3-2-7(15)4-10(11)16/h2-6H,1H3,(H,17,18)(H,19,20). The summed E-state index contributed by atoms with van der Waals surface area (Å²) in [6.07, 6.45) is 1.40. The van der Waals surface area contributed by atoms with Crippen LogP contribution in [0.1, 0.15) is 10.4 Å². The van der Waals surface area contributed by atoms with Crippen molar-refractivity contribution in [2.24, 2.45) is 0 Å². The van der Waals surface area contributed by atoms with Crippen molar-refractivity contribution in [3.63, 3.8) is 0 Å². The number of anilines is 2. The Labute approximate surface area is 133 Å². The number of aromatic nitrogens is 1. The van der Waals surface area contributed by atoms with E-state index in [1.165, 1.54) is 24.4 Å². The molecule has 0 radical (unpaired) electrons. The molecule has 0 spiro atoms. The van der Waals surface area contributed by atoms with Crippen molar-refractivity contribution in [1.82, 2.24) is 4.98 Å². The van der Waals surface area contributed by atoms with Crippen LogP contribution < -0.4 is 10.6 Å². The molecule has 0 aliphatic carbocycles. The number of rotatable bonds is 3. The van der Waals surface area contributed by atoms with Gasteiger partial charge in [0, 0.05) is 16.8 Å². The molecule has 0 unspecified atom stereocenters. The summed E-state index contributed by atoms with van der Waals surface area (Å²) >= 11 is 7.92. The second kappa shape index (κ2) is 6.36. The lowest BCUT2D eigenvalue weighted by atomic mass is 10.2. The first-order valence-electron chi connectivity index (χ1n) is 5.61. The van der Waals surface area contributed by atoms with E-state index in [1.54, 1.807) is 13.1 Å². The van der Waals surface area contributed by atoms with E-state index < -0.39 is 0 Å². The smallest absolute Gasteiger partial charge is 0.257 e. The quantitative estimate of drug-likeness (QED) is 0.764. The van der Waals surface area contributed by atoms with Crippen molar-refractivity contribution >= 4 is 51.6 Å². The predicted molar refractivity (Wildman–Crippen MR) is 85.9 cm³/mol. The van der Waals surface area contributed by atoms with E-state index in [2.05, 4.69) is 15.6 Å². The normalized spacial score (nSPS) is 10.2. The number of halogens is 3. The van der Waals surface area contributed by atoms with Crippen LogP contribution in [-0.4, -0.2) is 17.9 Å². The molecule has 0 bridgehead atoms.